The Morgan fingerprint density at radius 1 is 1.10 bits per heavy atom. The van der Waals surface area contributed by atoms with Gasteiger partial charge in [-0.3, -0.25) is 0 Å². The highest BCUT2D eigenvalue weighted by Gasteiger charge is 2.34. The molecule has 0 aromatic heterocycles. The molecule has 0 radical (unpaired) electrons. The maximum absolute atomic E-state index is 13.1. The van der Waals surface area contributed by atoms with Gasteiger partial charge in [-0.05, 0) is 35.9 Å². The molecular weight excluding hydrogens is 345 g/mol. The third kappa shape index (κ3) is 3.91. The van der Waals surface area contributed by atoms with Crippen LogP contribution in [0.2, 0.25) is 0 Å². The van der Waals surface area contributed by atoms with Crippen LogP contribution in [0.3, 0.4) is 0 Å². The van der Waals surface area contributed by atoms with Crippen LogP contribution in [0.25, 0.3) is 0 Å². The summed E-state index contributed by atoms with van der Waals surface area (Å²) in [7, 11) is 1.63. The van der Waals surface area contributed by atoms with E-state index in [-0.39, 0.29) is 5.69 Å². The van der Waals surface area contributed by atoms with E-state index in [2.05, 4.69) is 15.9 Å². The van der Waals surface area contributed by atoms with Gasteiger partial charge in [0.1, 0.15) is 0 Å². The number of nitrogen functional groups attached to an aromatic ring is 1. The molecule has 0 atom stereocenters. The number of alkyl halides is 3. The first-order valence-electron chi connectivity index (χ1n) is 6.19. The molecule has 6 heteroatoms. The topological polar surface area (TPSA) is 29.3 Å². The van der Waals surface area contributed by atoms with Crippen LogP contribution >= 0.6 is 15.9 Å². The minimum absolute atomic E-state index is 0.141. The fourth-order valence-corrected chi connectivity index (χ4v) is 2.41. The van der Waals surface area contributed by atoms with Crippen LogP contribution in [-0.4, -0.2) is 7.05 Å². The van der Waals surface area contributed by atoms with Gasteiger partial charge in [0.2, 0.25) is 0 Å². The first-order valence-corrected chi connectivity index (χ1v) is 6.99. The fraction of sp³-hybridized carbons (Fsp3) is 0.200. The van der Waals surface area contributed by atoms with E-state index >= 15 is 0 Å². The molecule has 2 rings (SSSR count). The van der Waals surface area contributed by atoms with E-state index in [1.807, 2.05) is 0 Å². The lowest BCUT2D eigenvalue weighted by molar-refractivity contribution is -0.137. The molecule has 0 saturated heterocycles. The van der Waals surface area contributed by atoms with Crippen molar-refractivity contribution in [2.45, 2.75) is 12.7 Å². The number of nitrogens with zero attached hydrogens (tertiary/aromatic N) is 1. The second kappa shape index (κ2) is 5.97. The van der Waals surface area contributed by atoms with E-state index in [9.17, 15) is 13.2 Å². The standard InChI is InChI=1S/C15H14BrF3N2/c1-21(9-10-2-5-12(20)6-3-10)14-7-4-11(16)8-13(14)15(17,18)19/h2-8H,9,20H2,1H3. The average Bonchev–Trinajstić information content (AvgIpc) is 2.40. The summed E-state index contributed by atoms with van der Waals surface area (Å²) in [5, 5.41) is 0. The molecule has 0 heterocycles. The molecule has 2 N–H and O–H groups in total. The molecule has 2 nitrogen and oxygen atoms in total. The van der Waals surface area contributed by atoms with E-state index in [1.165, 1.54) is 6.07 Å². The highest BCUT2D eigenvalue weighted by atomic mass is 79.9. The molecule has 21 heavy (non-hydrogen) atoms. The minimum atomic E-state index is -4.39. The number of hydrogen-bond donors (Lipinski definition) is 1. The summed E-state index contributed by atoms with van der Waals surface area (Å²) < 4.78 is 39.8. The van der Waals surface area contributed by atoms with Crippen LogP contribution in [0.1, 0.15) is 11.1 Å². The molecule has 0 unspecified atom stereocenters. The van der Waals surface area contributed by atoms with Crippen molar-refractivity contribution in [3.05, 3.63) is 58.1 Å². The number of rotatable bonds is 3. The Bertz CT molecular complexity index is 624. The molecule has 0 amide bonds. The molecule has 0 aliphatic carbocycles. The summed E-state index contributed by atoms with van der Waals surface area (Å²) in [5.41, 5.74) is 6.60. The maximum Gasteiger partial charge on any atom is 0.418 e. The van der Waals surface area contributed by atoms with Gasteiger partial charge >= 0.3 is 6.18 Å². The van der Waals surface area contributed by atoms with Crippen molar-refractivity contribution >= 4 is 27.3 Å². The first kappa shape index (κ1) is 15.7. The van der Waals surface area contributed by atoms with Crippen molar-refractivity contribution in [2.75, 3.05) is 17.7 Å². The summed E-state index contributed by atoms with van der Waals surface area (Å²) >= 11 is 3.08. The van der Waals surface area contributed by atoms with Gasteiger partial charge in [-0.1, -0.05) is 28.1 Å². The van der Waals surface area contributed by atoms with Crippen LogP contribution < -0.4 is 10.6 Å². The molecule has 112 valence electrons. The number of anilines is 2. The van der Waals surface area contributed by atoms with Gasteiger partial charge in [0.15, 0.2) is 0 Å². The normalized spacial score (nSPS) is 11.5. The monoisotopic (exact) mass is 358 g/mol. The molecule has 0 bridgehead atoms. The summed E-state index contributed by atoms with van der Waals surface area (Å²) in [6.45, 7) is 0.366. The molecule has 0 aliphatic rings. The van der Waals surface area contributed by atoms with Gasteiger partial charge in [-0.2, -0.15) is 13.2 Å². The van der Waals surface area contributed by atoms with Crippen molar-refractivity contribution in [1.29, 1.82) is 0 Å². The molecule has 2 aromatic carbocycles. The van der Waals surface area contributed by atoms with Gasteiger partial charge < -0.3 is 10.6 Å². The van der Waals surface area contributed by atoms with E-state index in [4.69, 9.17) is 5.73 Å². The molecule has 2 aromatic rings. The second-order valence-electron chi connectivity index (χ2n) is 4.76. The Labute approximate surface area is 129 Å². The van der Waals surface area contributed by atoms with E-state index in [1.54, 1.807) is 42.3 Å². The Hall–Kier alpha value is -1.69. The Morgan fingerprint density at radius 3 is 2.29 bits per heavy atom. The highest BCUT2D eigenvalue weighted by molar-refractivity contribution is 9.10. The smallest absolute Gasteiger partial charge is 0.399 e. The van der Waals surface area contributed by atoms with Crippen molar-refractivity contribution in [3.63, 3.8) is 0 Å². The lowest BCUT2D eigenvalue weighted by Crippen LogP contribution is -2.21. The quantitative estimate of drug-likeness (QED) is 0.806. The highest BCUT2D eigenvalue weighted by Crippen LogP contribution is 2.38. The van der Waals surface area contributed by atoms with E-state index in [0.29, 0.717) is 16.7 Å². The predicted octanol–water partition coefficient (Wildman–Crippen LogP) is 4.69. The number of nitrogens with two attached hydrogens (primary N) is 1. The summed E-state index contributed by atoms with van der Waals surface area (Å²) in [4.78, 5) is 1.57. The van der Waals surface area contributed by atoms with Gasteiger partial charge in [0.05, 0.1) is 5.56 Å². The van der Waals surface area contributed by atoms with Crippen LogP contribution in [0.4, 0.5) is 24.5 Å². The molecule has 0 saturated carbocycles. The Balaban J connectivity index is 2.30. The van der Waals surface area contributed by atoms with Gasteiger partial charge in [0.25, 0.3) is 0 Å². The number of hydrogen-bond acceptors (Lipinski definition) is 2. The van der Waals surface area contributed by atoms with Crippen molar-refractivity contribution in [3.8, 4) is 0 Å². The van der Waals surface area contributed by atoms with Gasteiger partial charge in [0, 0.05) is 29.4 Å². The van der Waals surface area contributed by atoms with Gasteiger partial charge in [-0.15, -0.1) is 0 Å². The van der Waals surface area contributed by atoms with Crippen LogP contribution in [-0.2, 0) is 12.7 Å². The van der Waals surface area contributed by atoms with E-state index < -0.39 is 11.7 Å². The van der Waals surface area contributed by atoms with Crippen LogP contribution in [0.15, 0.2) is 46.9 Å². The second-order valence-corrected chi connectivity index (χ2v) is 5.67. The number of halogens is 4. The summed E-state index contributed by atoms with van der Waals surface area (Å²) in [6.07, 6.45) is -4.39. The first-order chi connectivity index (χ1) is 9.77. The van der Waals surface area contributed by atoms with Crippen molar-refractivity contribution in [1.82, 2.24) is 0 Å². The Morgan fingerprint density at radius 2 is 1.71 bits per heavy atom. The molecular formula is C15H14BrF3N2. The van der Waals surface area contributed by atoms with E-state index in [0.717, 1.165) is 11.6 Å². The molecule has 0 spiro atoms. The third-order valence-corrected chi connectivity index (χ3v) is 3.57. The van der Waals surface area contributed by atoms with Gasteiger partial charge in [-0.25, -0.2) is 0 Å². The third-order valence-electron chi connectivity index (χ3n) is 3.07. The zero-order chi connectivity index (χ0) is 15.6. The Kier molecular flexibility index (Phi) is 4.46. The largest absolute Gasteiger partial charge is 0.418 e. The summed E-state index contributed by atoms with van der Waals surface area (Å²) in [6, 6.07) is 11.2. The van der Waals surface area contributed by atoms with Crippen molar-refractivity contribution < 1.29 is 13.2 Å². The van der Waals surface area contributed by atoms with Crippen LogP contribution in [0.5, 0.6) is 0 Å². The zero-order valence-electron chi connectivity index (χ0n) is 11.3. The predicted molar refractivity (Wildman–Crippen MR) is 82.1 cm³/mol. The minimum Gasteiger partial charge on any atom is -0.399 e. The SMILES string of the molecule is CN(Cc1ccc(N)cc1)c1ccc(Br)cc1C(F)(F)F. The lowest BCUT2D eigenvalue weighted by Gasteiger charge is -2.24. The lowest BCUT2D eigenvalue weighted by atomic mass is 10.1. The molecule has 0 fully saturated rings. The van der Waals surface area contributed by atoms with Crippen molar-refractivity contribution in [2.24, 2.45) is 0 Å². The number of benzene rings is 2. The fourth-order valence-electron chi connectivity index (χ4n) is 2.05. The maximum atomic E-state index is 13.1. The average molecular weight is 359 g/mol. The summed E-state index contributed by atoms with van der Waals surface area (Å²) in [5.74, 6) is 0. The zero-order valence-corrected chi connectivity index (χ0v) is 12.9. The van der Waals surface area contributed by atoms with Crippen LogP contribution in [0, 0.1) is 0 Å². The molecule has 0 aliphatic heterocycles.